The zero-order chi connectivity index (χ0) is 13.9. The van der Waals surface area contributed by atoms with Crippen LogP contribution in [-0.2, 0) is 10.0 Å². The van der Waals surface area contributed by atoms with Gasteiger partial charge in [0.05, 0.1) is 5.69 Å². The molecule has 0 spiro atoms. The molecule has 0 amide bonds. The molecule has 0 heterocycles. The Morgan fingerprint density at radius 1 is 1.50 bits per heavy atom. The summed E-state index contributed by atoms with van der Waals surface area (Å²) in [6.45, 7) is 7.42. The highest BCUT2D eigenvalue weighted by molar-refractivity contribution is 7.89. The van der Waals surface area contributed by atoms with Gasteiger partial charge in [0.25, 0.3) is 0 Å². The summed E-state index contributed by atoms with van der Waals surface area (Å²) in [5.41, 5.74) is 6.15. The van der Waals surface area contributed by atoms with Gasteiger partial charge in [-0.1, -0.05) is 25.1 Å². The van der Waals surface area contributed by atoms with Crippen LogP contribution < -0.4 is 5.73 Å². The molecular formula is C12H17FN2O2S. The van der Waals surface area contributed by atoms with Gasteiger partial charge in [0.2, 0.25) is 10.0 Å². The first kappa shape index (κ1) is 14.7. The Labute approximate surface area is 107 Å². The van der Waals surface area contributed by atoms with Crippen LogP contribution in [0.3, 0.4) is 0 Å². The molecule has 1 aromatic rings. The number of nitrogens with two attached hydrogens (primary N) is 1. The Balaban J connectivity index is 3.32. The minimum absolute atomic E-state index is 0.0878. The van der Waals surface area contributed by atoms with Crippen molar-refractivity contribution in [1.82, 2.24) is 4.31 Å². The summed E-state index contributed by atoms with van der Waals surface area (Å²) in [4.78, 5) is -0.465. The largest absolute Gasteiger partial charge is 0.398 e. The van der Waals surface area contributed by atoms with Gasteiger partial charge in [0.15, 0.2) is 0 Å². The van der Waals surface area contributed by atoms with E-state index in [1.165, 1.54) is 12.1 Å². The molecule has 0 atom stereocenters. The van der Waals surface area contributed by atoms with Crippen LogP contribution in [0.4, 0.5) is 10.1 Å². The van der Waals surface area contributed by atoms with Crippen molar-refractivity contribution in [3.05, 3.63) is 36.2 Å². The number of likely N-dealkylation sites (N-methyl/N-ethyl adjacent to an activating group) is 1. The molecule has 0 bridgehead atoms. The summed E-state index contributed by atoms with van der Waals surface area (Å²) in [6.07, 6.45) is 0. The van der Waals surface area contributed by atoms with E-state index in [4.69, 9.17) is 5.73 Å². The van der Waals surface area contributed by atoms with E-state index in [9.17, 15) is 12.8 Å². The van der Waals surface area contributed by atoms with Crippen LogP contribution in [0.15, 0.2) is 35.2 Å². The average molecular weight is 272 g/mol. The minimum atomic E-state index is -3.94. The molecular weight excluding hydrogens is 255 g/mol. The molecule has 0 aliphatic heterocycles. The Hall–Kier alpha value is -1.40. The Morgan fingerprint density at radius 2 is 2.11 bits per heavy atom. The molecule has 4 nitrogen and oxygen atoms in total. The Kier molecular flexibility index (Phi) is 4.48. The maximum Gasteiger partial charge on any atom is 0.248 e. The number of halogens is 1. The molecule has 18 heavy (non-hydrogen) atoms. The van der Waals surface area contributed by atoms with Crippen molar-refractivity contribution in [2.24, 2.45) is 0 Å². The Bertz CT molecular complexity index is 535. The highest BCUT2D eigenvalue weighted by Gasteiger charge is 2.28. The topological polar surface area (TPSA) is 63.4 Å². The molecule has 0 aliphatic carbocycles. The van der Waals surface area contributed by atoms with E-state index < -0.39 is 20.7 Å². The summed E-state index contributed by atoms with van der Waals surface area (Å²) >= 11 is 0. The van der Waals surface area contributed by atoms with Crippen molar-refractivity contribution < 1.29 is 12.8 Å². The fraction of sp³-hybridized carbons (Fsp3) is 0.333. The Morgan fingerprint density at radius 3 is 2.56 bits per heavy atom. The third-order valence-corrected chi connectivity index (χ3v) is 4.41. The predicted molar refractivity (Wildman–Crippen MR) is 70.1 cm³/mol. The van der Waals surface area contributed by atoms with Crippen molar-refractivity contribution >= 4 is 15.7 Å². The normalized spacial score (nSPS) is 11.8. The second-order valence-corrected chi connectivity index (χ2v) is 5.92. The maximum absolute atomic E-state index is 13.7. The van der Waals surface area contributed by atoms with Gasteiger partial charge in [-0.3, -0.25) is 0 Å². The number of hydrogen-bond acceptors (Lipinski definition) is 3. The lowest BCUT2D eigenvalue weighted by Crippen LogP contribution is -2.33. The highest BCUT2D eigenvalue weighted by atomic mass is 32.2. The first-order valence-corrected chi connectivity index (χ1v) is 6.93. The number of nitrogens with zero attached hydrogens (tertiary/aromatic N) is 1. The smallest absolute Gasteiger partial charge is 0.248 e. The first-order valence-electron chi connectivity index (χ1n) is 5.49. The standard InChI is InChI=1S/C12H17FN2O2S/c1-4-15(8-9(2)3)18(16,17)12-10(13)6-5-7-11(12)14/h5-7H,2,4,8,14H2,1,3H3. The highest BCUT2D eigenvalue weighted by Crippen LogP contribution is 2.25. The number of rotatable bonds is 5. The molecule has 0 unspecified atom stereocenters. The van der Waals surface area contributed by atoms with Crippen LogP contribution in [-0.4, -0.2) is 25.8 Å². The van der Waals surface area contributed by atoms with Crippen LogP contribution in [0.25, 0.3) is 0 Å². The lowest BCUT2D eigenvalue weighted by atomic mass is 10.3. The summed E-state index contributed by atoms with van der Waals surface area (Å²) in [6, 6.07) is 3.82. The van der Waals surface area contributed by atoms with Crippen LogP contribution in [0, 0.1) is 5.82 Å². The molecule has 100 valence electrons. The van der Waals surface area contributed by atoms with Crippen LogP contribution >= 0.6 is 0 Å². The summed E-state index contributed by atoms with van der Waals surface area (Å²) in [5, 5.41) is 0. The van der Waals surface area contributed by atoms with Gasteiger partial charge in [0.1, 0.15) is 10.7 Å². The van der Waals surface area contributed by atoms with E-state index in [0.717, 1.165) is 10.4 Å². The lowest BCUT2D eigenvalue weighted by Gasteiger charge is -2.21. The maximum atomic E-state index is 13.7. The molecule has 0 saturated carbocycles. The molecule has 0 fully saturated rings. The van der Waals surface area contributed by atoms with E-state index in [0.29, 0.717) is 5.57 Å². The molecule has 0 saturated heterocycles. The summed E-state index contributed by atoms with van der Waals surface area (Å²) < 4.78 is 39.4. The molecule has 0 aromatic heterocycles. The van der Waals surface area contributed by atoms with E-state index in [1.807, 2.05) is 0 Å². The summed E-state index contributed by atoms with van der Waals surface area (Å²) in [7, 11) is -3.94. The van der Waals surface area contributed by atoms with Gasteiger partial charge in [-0.15, -0.1) is 0 Å². The molecule has 6 heteroatoms. The fourth-order valence-corrected chi connectivity index (χ4v) is 3.26. The van der Waals surface area contributed by atoms with Crippen LogP contribution in [0.5, 0.6) is 0 Å². The number of benzene rings is 1. The van der Waals surface area contributed by atoms with Gasteiger partial charge in [-0.25, -0.2) is 12.8 Å². The molecule has 1 aromatic carbocycles. The minimum Gasteiger partial charge on any atom is -0.398 e. The van der Waals surface area contributed by atoms with E-state index in [1.54, 1.807) is 13.8 Å². The number of nitrogen functional groups attached to an aromatic ring is 1. The third kappa shape index (κ3) is 2.88. The van der Waals surface area contributed by atoms with Gasteiger partial charge in [-0.05, 0) is 19.1 Å². The second kappa shape index (κ2) is 5.49. The predicted octanol–water partition coefficient (Wildman–Crippen LogP) is 1.99. The van der Waals surface area contributed by atoms with Crippen molar-refractivity contribution in [2.75, 3.05) is 18.8 Å². The monoisotopic (exact) mass is 272 g/mol. The van der Waals surface area contributed by atoms with Crippen molar-refractivity contribution in [3.8, 4) is 0 Å². The van der Waals surface area contributed by atoms with E-state index >= 15 is 0 Å². The fourth-order valence-electron chi connectivity index (χ4n) is 1.59. The molecule has 1 rings (SSSR count). The van der Waals surface area contributed by atoms with Gasteiger partial charge < -0.3 is 5.73 Å². The van der Waals surface area contributed by atoms with Gasteiger partial charge in [0, 0.05) is 13.1 Å². The van der Waals surface area contributed by atoms with Crippen molar-refractivity contribution in [1.29, 1.82) is 0 Å². The molecule has 0 radical (unpaired) electrons. The second-order valence-electron chi connectivity index (χ2n) is 4.05. The van der Waals surface area contributed by atoms with Gasteiger partial charge >= 0.3 is 0 Å². The van der Waals surface area contributed by atoms with E-state index in [-0.39, 0.29) is 18.8 Å². The average Bonchev–Trinajstić information content (AvgIpc) is 2.24. The number of anilines is 1. The zero-order valence-electron chi connectivity index (χ0n) is 10.5. The molecule has 2 N–H and O–H groups in total. The molecule has 0 aliphatic rings. The number of sulfonamides is 1. The van der Waals surface area contributed by atoms with Crippen LogP contribution in [0.2, 0.25) is 0 Å². The third-order valence-electron chi connectivity index (χ3n) is 2.39. The lowest BCUT2D eigenvalue weighted by molar-refractivity contribution is 0.447. The number of hydrogen-bond donors (Lipinski definition) is 1. The first-order chi connectivity index (χ1) is 8.30. The summed E-state index contributed by atoms with van der Waals surface area (Å²) in [5.74, 6) is -0.838. The van der Waals surface area contributed by atoms with E-state index in [2.05, 4.69) is 6.58 Å². The SMILES string of the molecule is C=C(C)CN(CC)S(=O)(=O)c1c(N)cccc1F. The van der Waals surface area contributed by atoms with Crippen molar-refractivity contribution in [3.63, 3.8) is 0 Å². The van der Waals surface area contributed by atoms with Gasteiger partial charge in [-0.2, -0.15) is 4.31 Å². The van der Waals surface area contributed by atoms with Crippen LogP contribution in [0.1, 0.15) is 13.8 Å². The zero-order valence-corrected chi connectivity index (χ0v) is 11.3. The quantitative estimate of drug-likeness (QED) is 0.658. The van der Waals surface area contributed by atoms with Crippen molar-refractivity contribution in [2.45, 2.75) is 18.7 Å².